The zero-order chi connectivity index (χ0) is 16.8. The Bertz CT molecular complexity index is 657. The fourth-order valence-electron chi connectivity index (χ4n) is 2.03. The van der Waals surface area contributed by atoms with Crippen LogP contribution in [0, 0.1) is 0 Å². The van der Waals surface area contributed by atoms with Gasteiger partial charge in [0.25, 0.3) is 5.91 Å². The first kappa shape index (κ1) is 17.0. The lowest BCUT2D eigenvalue weighted by molar-refractivity contribution is -0.0499. The number of alkyl halides is 2. The molecule has 0 spiro atoms. The summed E-state index contributed by atoms with van der Waals surface area (Å²) in [7, 11) is 1.53. The number of carbonyl (C=O) groups is 1. The molecule has 1 atom stereocenters. The summed E-state index contributed by atoms with van der Waals surface area (Å²) in [6.07, 6.45) is 0. The number of ether oxygens (including phenoxy) is 2. The maximum Gasteiger partial charge on any atom is 0.387 e. The summed E-state index contributed by atoms with van der Waals surface area (Å²) in [5.41, 5.74) is 0.639. The molecule has 1 aromatic carbocycles. The number of rotatable bonds is 7. The normalized spacial score (nSPS) is 12.2. The molecule has 5 nitrogen and oxygen atoms in total. The predicted molar refractivity (Wildman–Crippen MR) is 78.4 cm³/mol. The Morgan fingerprint density at radius 1 is 1.30 bits per heavy atom. The van der Waals surface area contributed by atoms with Crippen LogP contribution in [0.5, 0.6) is 5.75 Å². The number of benzene rings is 1. The molecule has 0 saturated carbocycles. The number of hydrogen-bond donors (Lipinski definition) is 1. The second kappa shape index (κ2) is 7.73. The lowest BCUT2D eigenvalue weighted by Gasteiger charge is -2.14. The minimum absolute atomic E-state index is 0.0407. The molecule has 2 aromatic rings. The highest BCUT2D eigenvalue weighted by atomic mass is 19.3. The summed E-state index contributed by atoms with van der Waals surface area (Å²) in [6, 6.07) is 8.97. The van der Waals surface area contributed by atoms with Crippen LogP contribution in [0.1, 0.15) is 34.8 Å². The number of amides is 1. The number of methoxy groups -OCH3 is 1. The zero-order valence-electron chi connectivity index (χ0n) is 12.7. The van der Waals surface area contributed by atoms with Crippen LogP contribution >= 0.6 is 0 Å². The van der Waals surface area contributed by atoms with Crippen molar-refractivity contribution >= 4 is 5.91 Å². The third-order valence-corrected chi connectivity index (χ3v) is 3.10. The maximum absolute atomic E-state index is 12.2. The molecule has 1 aromatic heterocycles. The number of furan rings is 1. The smallest absolute Gasteiger partial charge is 0.387 e. The van der Waals surface area contributed by atoms with Gasteiger partial charge >= 0.3 is 6.61 Å². The van der Waals surface area contributed by atoms with Gasteiger partial charge < -0.3 is 19.2 Å². The number of nitrogens with one attached hydrogen (secondary N) is 1. The average Bonchev–Trinajstić information content (AvgIpc) is 2.96. The van der Waals surface area contributed by atoms with Gasteiger partial charge in [0.05, 0.1) is 6.04 Å². The van der Waals surface area contributed by atoms with Gasteiger partial charge in [-0.25, -0.2) is 0 Å². The van der Waals surface area contributed by atoms with Crippen molar-refractivity contribution in [2.45, 2.75) is 26.2 Å². The monoisotopic (exact) mass is 325 g/mol. The topological polar surface area (TPSA) is 60.7 Å². The minimum atomic E-state index is -2.89. The fourth-order valence-corrected chi connectivity index (χ4v) is 2.03. The molecule has 0 aliphatic rings. The Balaban J connectivity index is 2.02. The Hall–Kier alpha value is -2.41. The standard InChI is InChI=1S/C16H17F2NO4/c1-10(11-4-3-5-12(8-11)23-16(17)18)19-15(20)14-7-6-13(22-14)9-21-2/h3-8,10,16H,9H2,1-2H3,(H,19,20). The first-order valence-corrected chi connectivity index (χ1v) is 6.93. The predicted octanol–water partition coefficient (Wildman–Crippen LogP) is 3.52. The van der Waals surface area contributed by atoms with Crippen molar-refractivity contribution in [2.24, 2.45) is 0 Å². The van der Waals surface area contributed by atoms with E-state index in [0.29, 0.717) is 11.3 Å². The summed E-state index contributed by atoms with van der Waals surface area (Å²) < 4.78 is 39.1. The van der Waals surface area contributed by atoms with E-state index >= 15 is 0 Å². The number of hydrogen-bond acceptors (Lipinski definition) is 4. The highest BCUT2D eigenvalue weighted by Crippen LogP contribution is 2.21. The molecular weight excluding hydrogens is 308 g/mol. The van der Waals surface area contributed by atoms with Crippen molar-refractivity contribution in [3.63, 3.8) is 0 Å². The van der Waals surface area contributed by atoms with Crippen molar-refractivity contribution < 1.29 is 27.5 Å². The quantitative estimate of drug-likeness (QED) is 0.846. The van der Waals surface area contributed by atoms with Gasteiger partial charge in [-0.2, -0.15) is 8.78 Å². The van der Waals surface area contributed by atoms with Crippen molar-refractivity contribution in [1.82, 2.24) is 5.32 Å². The van der Waals surface area contributed by atoms with Crippen LogP contribution < -0.4 is 10.1 Å². The van der Waals surface area contributed by atoms with Crippen molar-refractivity contribution in [2.75, 3.05) is 7.11 Å². The Morgan fingerprint density at radius 3 is 2.78 bits per heavy atom. The van der Waals surface area contributed by atoms with E-state index in [9.17, 15) is 13.6 Å². The van der Waals surface area contributed by atoms with Crippen LogP contribution in [-0.2, 0) is 11.3 Å². The lowest BCUT2D eigenvalue weighted by Crippen LogP contribution is -2.26. The Labute approximate surface area is 132 Å². The lowest BCUT2D eigenvalue weighted by atomic mass is 10.1. The molecule has 124 valence electrons. The summed E-state index contributed by atoms with van der Waals surface area (Å²) in [6.45, 7) is -0.883. The molecule has 0 saturated heterocycles. The summed E-state index contributed by atoms with van der Waals surface area (Å²) in [5.74, 6) is 0.334. The van der Waals surface area contributed by atoms with Crippen molar-refractivity contribution in [3.05, 3.63) is 53.5 Å². The molecule has 0 bridgehead atoms. The number of carbonyl (C=O) groups excluding carboxylic acids is 1. The summed E-state index contributed by atoms with van der Waals surface area (Å²) in [4.78, 5) is 12.1. The van der Waals surface area contributed by atoms with Gasteiger partial charge in [-0.05, 0) is 36.8 Å². The first-order valence-electron chi connectivity index (χ1n) is 6.93. The number of halogens is 2. The molecule has 1 heterocycles. The van der Waals surface area contributed by atoms with E-state index in [1.165, 1.54) is 19.2 Å². The van der Waals surface area contributed by atoms with Gasteiger partial charge in [0, 0.05) is 7.11 Å². The van der Waals surface area contributed by atoms with Crippen molar-refractivity contribution in [3.8, 4) is 5.75 Å². The minimum Gasteiger partial charge on any atom is -0.453 e. The molecule has 23 heavy (non-hydrogen) atoms. The largest absolute Gasteiger partial charge is 0.453 e. The third kappa shape index (κ3) is 4.79. The van der Waals surface area contributed by atoms with Gasteiger partial charge in [-0.15, -0.1) is 0 Å². The molecule has 2 rings (SSSR count). The van der Waals surface area contributed by atoms with E-state index < -0.39 is 18.6 Å². The van der Waals surface area contributed by atoms with E-state index in [-0.39, 0.29) is 18.1 Å². The molecular formula is C16H17F2NO4. The molecule has 0 aliphatic carbocycles. The average molecular weight is 325 g/mol. The zero-order valence-corrected chi connectivity index (χ0v) is 12.7. The van der Waals surface area contributed by atoms with Crippen LogP contribution in [0.2, 0.25) is 0 Å². The Kier molecular flexibility index (Phi) is 5.70. The second-order valence-corrected chi connectivity index (χ2v) is 4.85. The summed E-state index contributed by atoms with van der Waals surface area (Å²) >= 11 is 0. The highest BCUT2D eigenvalue weighted by molar-refractivity contribution is 5.91. The molecule has 0 aliphatic heterocycles. The van der Waals surface area contributed by atoms with Crippen LogP contribution in [0.25, 0.3) is 0 Å². The van der Waals surface area contributed by atoms with Crippen LogP contribution in [0.3, 0.4) is 0 Å². The second-order valence-electron chi connectivity index (χ2n) is 4.85. The molecule has 1 N–H and O–H groups in total. The maximum atomic E-state index is 12.2. The molecule has 0 radical (unpaired) electrons. The molecule has 7 heteroatoms. The first-order chi connectivity index (χ1) is 11.0. The third-order valence-electron chi connectivity index (χ3n) is 3.10. The highest BCUT2D eigenvalue weighted by Gasteiger charge is 2.16. The molecule has 0 fully saturated rings. The molecule has 1 unspecified atom stereocenters. The van der Waals surface area contributed by atoms with Crippen molar-refractivity contribution in [1.29, 1.82) is 0 Å². The van der Waals surface area contributed by atoms with E-state index in [4.69, 9.17) is 9.15 Å². The Morgan fingerprint density at radius 2 is 2.09 bits per heavy atom. The van der Waals surface area contributed by atoms with Gasteiger partial charge in [0.15, 0.2) is 5.76 Å². The van der Waals surface area contributed by atoms with E-state index in [2.05, 4.69) is 10.1 Å². The SMILES string of the molecule is COCc1ccc(C(=O)NC(C)c2cccc(OC(F)F)c2)o1. The van der Waals surface area contributed by atoms with E-state index in [1.54, 1.807) is 31.2 Å². The van der Waals surface area contributed by atoms with Gasteiger partial charge in [0.1, 0.15) is 18.1 Å². The summed E-state index contributed by atoms with van der Waals surface area (Å²) in [5, 5.41) is 2.73. The van der Waals surface area contributed by atoms with Crippen LogP contribution in [-0.4, -0.2) is 19.6 Å². The van der Waals surface area contributed by atoms with Gasteiger partial charge in [-0.1, -0.05) is 12.1 Å². The van der Waals surface area contributed by atoms with Crippen LogP contribution in [0.15, 0.2) is 40.8 Å². The van der Waals surface area contributed by atoms with Gasteiger partial charge in [0.2, 0.25) is 0 Å². The van der Waals surface area contributed by atoms with Crippen LogP contribution in [0.4, 0.5) is 8.78 Å². The van der Waals surface area contributed by atoms with E-state index in [0.717, 1.165) is 0 Å². The fraction of sp³-hybridized carbons (Fsp3) is 0.312. The van der Waals surface area contributed by atoms with Gasteiger partial charge in [-0.3, -0.25) is 4.79 Å². The molecule has 1 amide bonds. The van der Waals surface area contributed by atoms with E-state index in [1.807, 2.05) is 0 Å².